The van der Waals surface area contributed by atoms with E-state index >= 15 is 0 Å². The van der Waals surface area contributed by atoms with Gasteiger partial charge in [0.1, 0.15) is 11.5 Å². The summed E-state index contributed by atoms with van der Waals surface area (Å²) >= 11 is 0. The molecule has 0 spiro atoms. The molecule has 0 amide bonds. The van der Waals surface area contributed by atoms with Crippen molar-refractivity contribution in [3.8, 4) is 23.3 Å². The minimum atomic E-state index is -1.22. The Balaban J connectivity index is 2.28. The molecule has 0 atom stereocenters. The van der Waals surface area contributed by atoms with Gasteiger partial charge in [0.25, 0.3) is 0 Å². The molecule has 0 unspecified atom stereocenters. The van der Waals surface area contributed by atoms with Crippen molar-refractivity contribution in [3.05, 3.63) is 59.2 Å². The Morgan fingerprint density at radius 1 is 0.957 bits per heavy atom. The lowest BCUT2D eigenvalue weighted by molar-refractivity contribution is 0.0696. The second-order valence-electron chi connectivity index (χ2n) is 4.64. The van der Waals surface area contributed by atoms with Gasteiger partial charge in [-0.15, -0.1) is 0 Å². The lowest BCUT2D eigenvalue weighted by Crippen LogP contribution is -2.03. The number of hydrogen-bond donors (Lipinski definition) is 2. The van der Waals surface area contributed by atoms with E-state index in [2.05, 4.69) is 11.8 Å². The molecule has 0 aliphatic heterocycles. The molecule has 0 heterocycles. The molecule has 116 valence electrons. The summed E-state index contributed by atoms with van der Waals surface area (Å²) in [4.78, 5) is 22.1. The van der Waals surface area contributed by atoms with Crippen LogP contribution in [0.4, 0.5) is 0 Å². The molecule has 0 aliphatic rings. The zero-order valence-corrected chi connectivity index (χ0v) is 12.4. The highest BCUT2D eigenvalue weighted by molar-refractivity contribution is 5.94. The van der Waals surface area contributed by atoms with Gasteiger partial charge in [-0.1, -0.05) is 18.8 Å². The Bertz CT molecular complexity index is 762. The summed E-state index contributed by atoms with van der Waals surface area (Å²) in [6.45, 7) is 1.96. The van der Waals surface area contributed by atoms with Crippen LogP contribution in [0.25, 0.3) is 0 Å². The van der Waals surface area contributed by atoms with Gasteiger partial charge in [-0.05, 0) is 42.5 Å². The normalized spacial score (nSPS) is 9.61. The van der Waals surface area contributed by atoms with Crippen molar-refractivity contribution in [2.75, 3.05) is 0 Å². The highest BCUT2D eigenvalue weighted by Crippen LogP contribution is 2.24. The number of aromatic carboxylic acids is 2. The lowest BCUT2D eigenvalue weighted by Gasteiger charge is -2.08. The van der Waals surface area contributed by atoms with E-state index in [4.69, 9.17) is 14.9 Å². The topological polar surface area (TPSA) is 83.8 Å². The van der Waals surface area contributed by atoms with E-state index in [1.165, 1.54) is 12.1 Å². The van der Waals surface area contributed by atoms with Crippen LogP contribution in [0.3, 0.4) is 0 Å². The Labute approximate surface area is 133 Å². The Morgan fingerprint density at radius 2 is 1.52 bits per heavy atom. The highest BCUT2D eigenvalue weighted by atomic mass is 16.5. The average molecular weight is 310 g/mol. The van der Waals surface area contributed by atoms with Crippen LogP contribution in [0.5, 0.6) is 11.5 Å². The number of carboxylic acid groups (broad SMARTS) is 2. The van der Waals surface area contributed by atoms with Crippen LogP contribution in [-0.4, -0.2) is 22.2 Å². The van der Waals surface area contributed by atoms with E-state index in [9.17, 15) is 9.59 Å². The van der Waals surface area contributed by atoms with Gasteiger partial charge in [-0.25, -0.2) is 9.59 Å². The zero-order valence-electron chi connectivity index (χ0n) is 12.4. The Kier molecular flexibility index (Phi) is 5.00. The van der Waals surface area contributed by atoms with Crippen molar-refractivity contribution in [1.29, 1.82) is 0 Å². The minimum Gasteiger partial charge on any atom is -0.478 e. The number of hydrogen-bond acceptors (Lipinski definition) is 3. The van der Waals surface area contributed by atoms with Crippen molar-refractivity contribution in [2.24, 2.45) is 0 Å². The van der Waals surface area contributed by atoms with Crippen molar-refractivity contribution < 1.29 is 24.5 Å². The first-order valence-corrected chi connectivity index (χ1v) is 6.88. The molecule has 5 heteroatoms. The van der Waals surface area contributed by atoms with Gasteiger partial charge in [0.2, 0.25) is 0 Å². The summed E-state index contributed by atoms with van der Waals surface area (Å²) in [6.07, 6.45) is 0.762. The van der Waals surface area contributed by atoms with Crippen LogP contribution < -0.4 is 4.74 Å². The molecule has 0 aromatic heterocycles. The van der Waals surface area contributed by atoms with Crippen LogP contribution >= 0.6 is 0 Å². The fraction of sp³-hybridized carbons (Fsp3) is 0.111. The summed E-state index contributed by atoms with van der Waals surface area (Å²) in [5.74, 6) is 4.10. The summed E-state index contributed by atoms with van der Waals surface area (Å²) < 4.78 is 5.54. The fourth-order valence-electron chi connectivity index (χ4n) is 1.84. The lowest BCUT2D eigenvalue weighted by atomic mass is 10.1. The molecule has 2 N–H and O–H groups in total. The first-order valence-electron chi connectivity index (χ1n) is 6.88. The molecular weight excluding hydrogens is 296 g/mol. The number of benzene rings is 2. The second-order valence-corrected chi connectivity index (χ2v) is 4.64. The first-order chi connectivity index (χ1) is 11.0. The van der Waals surface area contributed by atoms with E-state index < -0.39 is 11.9 Å². The highest BCUT2D eigenvalue weighted by Gasteiger charge is 2.12. The third kappa shape index (κ3) is 4.35. The third-order valence-corrected chi connectivity index (χ3v) is 2.90. The van der Waals surface area contributed by atoms with Gasteiger partial charge in [-0.2, -0.15) is 0 Å². The van der Waals surface area contributed by atoms with Crippen molar-refractivity contribution in [3.63, 3.8) is 0 Å². The number of carboxylic acids is 2. The Hall–Kier alpha value is -3.26. The smallest absolute Gasteiger partial charge is 0.335 e. The summed E-state index contributed by atoms with van der Waals surface area (Å²) in [6, 6.07) is 10.6. The molecule has 0 radical (unpaired) electrons. The summed E-state index contributed by atoms with van der Waals surface area (Å²) in [5, 5.41) is 18.1. The van der Waals surface area contributed by atoms with Crippen LogP contribution in [0.15, 0.2) is 42.5 Å². The monoisotopic (exact) mass is 310 g/mol. The van der Waals surface area contributed by atoms with E-state index in [1.54, 1.807) is 24.3 Å². The molecule has 0 aliphatic carbocycles. The standard InChI is InChI=1S/C18H14O5/c1-2-3-4-12-5-7-15(8-6-12)23-16-10-13(17(19)20)9-14(11-16)18(21)22/h5-11H,2H2,1H3,(H,19,20)(H,21,22). The first kappa shape index (κ1) is 16.1. The molecule has 0 saturated heterocycles. The maximum atomic E-state index is 11.1. The van der Waals surface area contributed by atoms with Crippen molar-refractivity contribution in [1.82, 2.24) is 0 Å². The molecule has 0 saturated carbocycles. The van der Waals surface area contributed by atoms with Gasteiger partial charge in [0.05, 0.1) is 11.1 Å². The van der Waals surface area contributed by atoms with Crippen molar-refractivity contribution >= 4 is 11.9 Å². The number of carbonyl (C=O) groups is 2. The van der Waals surface area contributed by atoms with E-state index in [-0.39, 0.29) is 16.9 Å². The van der Waals surface area contributed by atoms with Gasteiger partial charge >= 0.3 is 11.9 Å². The second kappa shape index (κ2) is 7.14. The minimum absolute atomic E-state index is 0.148. The SMILES string of the molecule is CCC#Cc1ccc(Oc2cc(C(=O)O)cc(C(=O)O)c2)cc1. The van der Waals surface area contributed by atoms with E-state index in [0.29, 0.717) is 5.75 Å². The number of rotatable bonds is 4. The summed E-state index contributed by atoms with van der Waals surface area (Å²) in [5.41, 5.74) is 0.542. The predicted molar refractivity (Wildman–Crippen MR) is 84.0 cm³/mol. The molecular formula is C18H14O5. The quantitative estimate of drug-likeness (QED) is 0.842. The molecule has 23 heavy (non-hydrogen) atoms. The largest absolute Gasteiger partial charge is 0.478 e. The molecule has 5 nitrogen and oxygen atoms in total. The van der Waals surface area contributed by atoms with Crippen LogP contribution in [0.1, 0.15) is 39.6 Å². The fourth-order valence-corrected chi connectivity index (χ4v) is 1.84. The predicted octanol–water partition coefficient (Wildman–Crippen LogP) is 3.64. The molecule has 0 bridgehead atoms. The molecule has 0 fully saturated rings. The maximum Gasteiger partial charge on any atom is 0.335 e. The van der Waals surface area contributed by atoms with Crippen LogP contribution in [0.2, 0.25) is 0 Å². The van der Waals surface area contributed by atoms with Gasteiger partial charge < -0.3 is 14.9 Å². The number of ether oxygens (including phenoxy) is 1. The average Bonchev–Trinajstić information content (AvgIpc) is 2.53. The van der Waals surface area contributed by atoms with E-state index in [1.807, 2.05) is 6.92 Å². The van der Waals surface area contributed by atoms with Gasteiger partial charge in [0, 0.05) is 12.0 Å². The molecule has 2 aromatic rings. The van der Waals surface area contributed by atoms with Crippen LogP contribution in [-0.2, 0) is 0 Å². The molecule has 2 rings (SSSR count). The Morgan fingerprint density at radius 3 is 2.00 bits per heavy atom. The maximum absolute atomic E-state index is 11.1. The third-order valence-electron chi connectivity index (χ3n) is 2.90. The zero-order chi connectivity index (χ0) is 16.8. The van der Waals surface area contributed by atoms with Gasteiger partial charge in [-0.3, -0.25) is 0 Å². The van der Waals surface area contributed by atoms with Crippen LogP contribution in [0, 0.1) is 11.8 Å². The van der Waals surface area contributed by atoms with Gasteiger partial charge in [0.15, 0.2) is 0 Å². The van der Waals surface area contributed by atoms with E-state index in [0.717, 1.165) is 18.1 Å². The summed E-state index contributed by atoms with van der Waals surface area (Å²) in [7, 11) is 0. The van der Waals surface area contributed by atoms with Crippen molar-refractivity contribution in [2.45, 2.75) is 13.3 Å². The molecule has 2 aromatic carbocycles.